The number of ether oxygens (including phenoxy) is 3. The Balaban J connectivity index is 1.14. The van der Waals surface area contributed by atoms with Crippen LogP contribution in [0.1, 0.15) is 57.9 Å². The third kappa shape index (κ3) is 3.90. The minimum atomic E-state index is -0.744. The number of hydrogen-bond acceptors (Lipinski definition) is 7. The maximum Gasteiger partial charge on any atom is 0.347 e. The van der Waals surface area contributed by atoms with Crippen LogP contribution >= 0.6 is 0 Å². The standard InChI is InChI=1S/C24H29NO6/c1-14(19-3-4-20-21(8-19)29-13-28-20)25-30-12-22(26)31-15(2)23(27)24-9-16-5-17(10-24)7-18(6-16)11-24/h3-4,8,15-18H,5-7,9-13H2,1-2H3/b25-14-/t15-,16?,17?,18?,24?/m1/s1. The summed E-state index contributed by atoms with van der Waals surface area (Å²) in [5.74, 6) is 2.90. The van der Waals surface area contributed by atoms with Crippen molar-refractivity contribution in [1.29, 1.82) is 0 Å². The van der Waals surface area contributed by atoms with Crippen LogP contribution in [0.2, 0.25) is 0 Å². The Hall–Kier alpha value is -2.57. The monoisotopic (exact) mass is 427 g/mol. The second-order valence-corrected chi connectivity index (χ2v) is 9.71. The lowest BCUT2D eigenvalue weighted by Crippen LogP contribution is -2.52. The number of hydrogen-bond donors (Lipinski definition) is 0. The molecule has 1 aliphatic heterocycles. The number of oxime groups is 1. The van der Waals surface area contributed by atoms with Gasteiger partial charge in [0.2, 0.25) is 13.4 Å². The molecule has 4 fully saturated rings. The molecule has 5 aliphatic rings. The highest BCUT2D eigenvalue weighted by Gasteiger charge is 2.55. The van der Waals surface area contributed by atoms with Gasteiger partial charge in [-0.1, -0.05) is 5.16 Å². The van der Waals surface area contributed by atoms with Crippen LogP contribution in [0.3, 0.4) is 0 Å². The molecule has 1 atom stereocenters. The van der Waals surface area contributed by atoms with Gasteiger partial charge in [-0.2, -0.15) is 0 Å². The van der Waals surface area contributed by atoms with Crippen molar-refractivity contribution in [3.05, 3.63) is 23.8 Å². The summed E-state index contributed by atoms with van der Waals surface area (Å²) in [6.45, 7) is 3.35. The summed E-state index contributed by atoms with van der Waals surface area (Å²) in [5, 5.41) is 4.00. The molecule has 0 amide bonds. The molecule has 0 saturated heterocycles. The molecule has 1 aromatic rings. The van der Waals surface area contributed by atoms with Crippen molar-refractivity contribution in [3.8, 4) is 11.5 Å². The fraction of sp³-hybridized carbons (Fsp3) is 0.625. The Morgan fingerprint density at radius 3 is 2.42 bits per heavy atom. The Kier molecular flexibility index (Phi) is 5.15. The van der Waals surface area contributed by atoms with Crippen molar-refractivity contribution in [2.24, 2.45) is 28.3 Å². The molecule has 6 rings (SSSR count). The number of benzene rings is 1. The van der Waals surface area contributed by atoms with Gasteiger partial charge in [-0.3, -0.25) is 4.79 Å². The van der Waals surface area contributed by atoms with E-state index < -0.39 is 12.1 Å². The van der Waals surface area contributed by atoms with Gasteiger partial charge in [0.05, 0.1) is 5.71 Å². The molecule has 1 aromatic carbocycles. The van der Waals surface area contributed by atoms with Crippen LogP contribution in [0.4, 0.5) is 0 Å². The second kappa shape index (κ2) is 7.84. The van der Waals surface area contributed by atoms with Gasteiger partial charge in [-0.05, 0) is 88.3 Å². The number of esters is 1. The third-order valence-electron chi connectivity index (χ3n) is 7.41. The molecule has 0 unspecified atom stereocenters. The second-order valence-electron chi connectivity index (χ2n) is 9.71. The summed E-state index contributed by atoms with van der Waals surface area (Å²) < 4.78 is 16.1. The molecule has 0 spiro atoms. The molecule has 1 heterocycles. The van der Waals surface area contributed by atoms with Crippen molar-refractivity contribution in [2.45, 2.75) is 58.5 Å². The predicted molar refractivity (Wildman–Crippen MR) is 112 cm³/mol. The van der Waals surface area contributed by atoms with Crippen LogP contribution in [-0.4, -0.2) is 37.0 Å². The fourth-order valence-corrected chi connectivity index (χ4v) is 6.48. The number of ketones is 1. The van der Waals surface area contributed by atoms with Gasteiger partial charge in [0.15, 0.2) is 23.4 Å². The van der Waals surface area contributed by atoms with E-state index in [-0.39, 0.29) is 24.6 Å². The van der Waals surface area contributed by atoms with Gasteiger partial charge in [-0.15, -0.1) is 0 Å². The number of fused-ring (bicyclic) bond motifs is 1. The molecule has 0 N–H and O–H groups in total. The zero-order chi connectivity index (χ0) is 21.6. The normalized spacial score (nSPS) is 31.4. The average molecular weight is 427 g/mol. The van der Waals surface area contributed by atoms with Crippen LogP contribution in [-0.2, 0) is 19.2 Å². The molecular formula is C24H29NO6. The van der Waals surface area contributed by atoms with E-state index in [0.717, 1.165) is 24.8 Å². The van der Waals surface area contributed by atoms with Crippen LogP contribution in [0.5, 0.6) is 11.5 Å². The summed E-state index contributed by atoms with van der Waals surface area (Å²) in [6, 6.07) is 5.47. The smallest absolute Gasteiger partial charge is 0.347 e. The molecule has 7 nitrogen and oxygen atoms in total. The maximum atomic E-state index is 13.2. The highest BCUT2D eigenvalue weighted by atomic mass is 16.7. The summed E-state index contributed by atoms with van der Waals surface area (Å²) in [6.07, 6.45) is 5.98. The molecule has 4 aliphatic carbocycles. The first-order chi connectivity index (χ1) is 14.9. The van der Waals surface area contributed by atoms with Crippen LogP contribution in [0, 0.1) is 23.2 Å². The van der Waals surface area contributed by atoms with E-state index in [9.17, 15) is 9.59 Å². The summed E-state index contributed by atoms with van der Waals surface area (Å²) in [7, 11) is 0. The zero-order valence-corrected chi connectivity index (χ0v) is 18.1. The number of carbonyl (C=O) groups is 2. The lowest BCUT2D eigenvalue weighted by atomic mass is 9.48. The van der Waals surface area contributed by atoms with E-state index in [1.165, 1.54) is 19.3 Å². The third-order valence-corrected chi connectivity index (χ3v) is 7.41. The summed E-state index contributed by atoms with van der Waals surface area (Å²) in [4.78, 5) is 30.7. The number of Topliss-reactive ketones (excluding diaryl/α,β-unsaturated/α-hetero) is 1. The maximum absolute atomic E-state index is 13.2. The largest absolute Gasteiger partial charge is 0.454 e. The number of rotatable bonds is 7. The Morgan fingerprint density at radius 1 is 1.10 bits per heavy atom. The van der Waals surface area contributed by atoms with E-state index in [0.29, 0.717) is 35.0 Å². The van der Waals surface area contributed by atoms with Crippen molar-refractivity contribution >= 4 is 17.5 Å². The van der Waals surface area contributed by atoms with Crippen molar-refractivity contribution in [3.63, 3.8) is 0 Å². The first-order valence-corrected chi connectivity index (χ1v) is 11.2. The first kappa shape index (κ1) is 20.3. The molecule has 4 saturated carbocycles. The van der Waals surface area contributed by atoms with E-state index in [1.807, 2.05) is 18.2 Å². The molecule has 4 bridgehead atoms. The van der Waals surface area contributed by atoms with E-state index in [4.69, 9.17) is 19.0 Å². The topological polar surface area (TPSA) is 83.4 Å². The molecule has 0 radical (unpaired) electrons. The molecule has 7 heteroatoms. The number of carbonyl (C=O) groups excluding carboxylic acids is 2. The van der Waals surface area contributed by atoms with E-state index in [1.54, 1.807) is 13.8 Å². The van der Waals surface area contributed by atoms with Gasteiger partial charge in [-0.25, -0.2) is 4.79 Å². The van der Waals surface area contributed by atoms with Gasteiger partial charge in [0.1, 0.15) is 0 Å². The highest BCUT2D eigenvalue weighted by Crippen LogP contribution is 2.60. The fourth-order valence-electron chi connectivity index (χ4n) is 6.48. The lowest BCUT2D eigenvalue weighted by Gasteiger charge is -2.56. The van der Waals surface area contributed by atoms with Gasteiger partial charge >= 0.3 is 5.97 Å². The average Bonchev–Trinajstić information content (AvgIpc) is 3.20. The molecule has 166 valence electrons. The van der Waals surface area contributed by atoms with E-state index >= 15 is 0 Å². The van der Waals surface area contributed by atoms with Crippen molar-refractivity contribution < 1.29 is 28.6 Å². The van der Waals surface area contributed by atoms with Gasteiger partial charge < -0.3 is 19.0 Å². The SMILES string of the molecule is C/C(=N/OCC(=O)O[C@H](C)C(=O)C12CC3CC(CC(C3)C1)C2)c1ccc2c(c1)OCO2. The lowest BCUT2D eigenvalue weighted by molar-refractivity contribution is -0.167. The predicted octanol–water partition coefficient (Wildman–Crippen LogP) is 3.87. The Morgan fingerprint density at radius 2 is 1.74 bits per heavy atom. The Labute approximate surface area is 182 Å². The van der Waals surface area contributed by atoms with Crippen molar-refractivity contribution in [1.82, 2.24) is 0 Å². The van der Waals surface area contributed by atoms with Gasteiger partial charge in [0, 0.05) is 11.0 Å². The molecule has 31 heavy (non-hydrogen) atoms. The van der Waals surface area contributed by atoms with Crippen molar-refractivity contribution in [2.75, 3.05) is 13.4 Å². The van der Waals surface area contributed by atoms with Crippen LogP contribution < -0.4 is 9.47 Å². The molecular weight excluding hydrogens is 398 g/mol. The zero-order valence-electron chi connectivity index (χ0n) is 18.1. The minimum absolute atomic E-state index is 0.0972. The van der Waals surface area contributed by atoms with Crippen LogP contribution in [0.15, 0.2) is 23.4 Å². The summed E-state index contributed by atoms with van der Waals surface area (Å²) >= 11 is 0. The summed E-state index contributed by atoms with van der Waals surface area (Å²) in [5.41, 5.74) is 1.13. The highest BCUT2D eigenvalue weighted by molar-refractivity contribution is 5.99. The first-order valence-electron chi connectivity index (χ1n) is 11.2. The molecule has 0 aromatic heterocycles. The van der Waals surface area contributed by atoms with E-state index in [2.05, 4.69) is 5.16 Å². The van der Waals surface area contributed by atoms with Gasteiger partial charge in [0.25, 0.3) is 0 Å². The quantitative estimate of drug-likeness (QED) is 0.373. The van der Waals surface area contributed by atoms with Crippen LogP contribution in [0.25, 0.3) is 0 Å². The number of nitrogens with zero attached hydrogens (tertiary/aromatic N) is 1. The Bertz CT molecular complexity index is 887. The minimum Gasteiger partial charge on any atom is -0.454 e.